The highest BCUT2D eigenvalue weighted by Crippen LogP contribution is 2.15. The van der Waals surface area contributed by atoms with Crippen LogP contribution in [0.25, 0.3) is 0 Å². The molecule has 0 atom stereocenters. The van der Waals surface area contributed by atoms with Gasteiger partial charge < -0.3 is 19.7 Å². The van der Waals surface area contributed by atoms with Crippen molar-refractivity contribution in [3.05, 3.63) is 59.7 Å². The number of anilines is 1. The predicted octanol–water partition coefficient (Wildman–Crippen LogP) is 4.10. The van der Waals surface area contributed by atoms with E-state index in [2.05, 4.69) is 5.32 Å². The fourth-order valence-electron chi connectivity index (χ4n) is 3.12. The van der Waals surface area contributed by atoms with Crippen molar-refractivity contribution in [3.8, 4) is 5.75 Å². The zero-order chi connectivity index (χ0) is 24.9. The van der Waals surface area contributed by atoms with Crippen molar-refractivity contribution in [2.75, 3.05) is 31.6 Å². The third-order valence-electron chi connectivity index (χ3n) is 5.04. The molecular weight excluding hydrogens is 436 g/mol. The fourth-order valence-corrected chi connectivity index (χ4v) is 3.12. The van der Waals surface area contributed by atoms with E-state index < -0.39 is 18.5 Å². The molecule has 34 heavy (non-hydrogen) atoms. The molecule has 0 aliphatic carbocycles. The Balaban J connectivity index is 1.74. The van der Waals surface area contributed by atoms with E-state index in [4.69, 9.17) is 9.47 Å². The number of amides is 2. The normalized spacial score (nSPS) is 10.3. The molecule has 0 aromatic heterocycles. The molecule has 1 N–H and O–H groups in total. The lowest BCUT2D eigenvalue weighted by molar-refractivity contribution is -0.147. The number of nitrogens with one attached hydrogen (secondary N) is 1. The maximum atomic E-state index is 12.3. The zero-order valence-electron chi connectivity index (χ0n) is 20.0. The number of hydrogen-bond donors (Lipinski definition) is 1. The Bertz CT molecular complexity index is 966. The average Bonchev–Trinajstić information content (AvgIpc) is 2.86. The van der Waals surface area contributed by atoms with Crippen molar-refractivity contribution < 1.29 is 28.7 Å². The van der Waals surface area contributed by atoms with Gasteiger partial charge in [0, 0.05) is 36.3 Å². The van der Waals surface area contributed by atoms with Gasteiger partial charge in [0.05, 0.1) is 13.0 Å². The molecule has 0 unspecified atom stereocenters. The number of Topliss-reactive ketones (excluding diaryl/α,β-unsaturated/α-hetero) is 1. The Morgan fingerprint density at radius 3 is 2.03 bits per heavy atom. The quantitative estimate of drug-likeness (QED) is 0.351. The van der Waals surface area contributed by atoms with Crippen LogP contribution in [-0.4, -0.2) is 54.8 Å². The Morgan fingerprint density at radius 2 is 1.44 bits per heavy atom. The third kappa shape index (κ3) is 8.35. The fraction of sp³-hybridized carbons (Fsp3) is 0.385. The van der Waals surface area contributed by atoms with Gasteiger partial charge in [0.1, 0.15) is 5.75 Å². The lowest BCUT2D eigenvalue weighted by atomic mass is 10.1. The van der Waals surface area contributed by atoms with Crippen LogP contribution in [0.15, 0.2) is 48.5 Å². The molecule has 0 aliphatic rings. The summed E-state index contributed by atoms with van der Waals surface area (Å²) in [5, 5.41) is 2.61. The molecule has 0 heterocycles. The van der Waals surface area contributed by atoms with Crippen LogP contribution >= 0.6 is 0 Å². The number of ketones is 1. The largest absolute Gasteiger partial charge is 0.494 e. The molecular formula is C26H32N2O6. The van der Waals surface area contributed by atoms with Gasteiger partial charge in [0.25, 0.3) is 11.8 Å². The first-order chi connectivity index (χ1) is 16.4. The van der Waals surface area contributed by atoms with Crippen molar-refractivity contribution in [2.24, 2.45) is 0 Å². The molecule has 2 rings (SSSR count). The van der Waals surface area contributed by atoms with Crippen molar-refractivity contribution in [2.45, 2.75) is 40.0 Å². The highest BCUT2D eigenvalue weighted by molar-refractivity contribution is 5.98. The molecule has 0 aliphatic heterocycles. The van der Waals surface area contributed by atoms with E-state index in [0.29, 0.717) is 42.3 Å². The Hall–Kier alpha value is -3.68. The van der Waals surface area contributed by atoms with E-state index in [1.54, 1.807) is 53.4 Å². The van der Waals surface area contributed by atoms with Gasteiger partial charge in [-0.25, -0.2) is 0 Å². The molecule has 2 aromatic carbocycles. The van der Waals surface area contributed by atoms with Crippen LogP contribution in [0.2, 0.25) is 0 Å². The molecule has 0 radical (unpaired) electrons. The van der Waals surface area contributed by atoms with Crippen molar-refractivity contribution in [3.63, 3.8) is 0 Å². The lowest BCUT2D eigenvalue weighted by Crippen LogP contribution is -2.30. The van der Waals surface area contributed by atoms with Gasteiger partial charge >= 0.3 is 5.97 Å². The molecule has 0 saturated heterocycles. The summed E-state index contributed by atoms with van der Waals surface area (Å²) in [5.74, 6) is -0.722. The summed E-state index contributed by atoms with van der Waals surface area (Å²) in [5.41, 5.74) is 1.50. The molecule has 0 fully saturated rings. The number of ether oxygens (including phenoxy) is 2. The monoisotopic (exact) mass is 468 g/mol. The number of carbonyl (C=O) groups excluding carboxylic acids is 4. The van der Waals surface area contributed by atoms with Crippen molar-refractivity contribution in [1.29, 1.82) is 0 Å². The molecule has 8 nitrogen and oxygen atoms in total. The molecule has 0 bridgehead atoms. The minimum atomic E-state index is -0.633. The minimum absolute atomic E-state index is 0.0162. The van der Waals surface area contributed by atoms with Gasteiger partial charge in [-0.05, 0) is 68.8 Å². The molecule has 0 spiro atoms. The van der Waals surface area contributed by atoms with E-state index >= 15 is 0 Å². The minimum Gasteiger partial charge on any atom is -0.494 e. The second-order valence-electron chi connectivity index (χ2n) is 7.56. The Labute approximate surface area is 200 Å². The number of carbonyl (C=O) groups is 4. The second-order valence-corrected chi connectivity index (χ2v) is 7.56. The summed E-state index contributed by atoms with van der Waals surface area (Å²) in [6.07, 6.45) is 0.755. The van der Waals surface area contributed by atoms with Crippen molar-refractivity contribution in [1.82, 2.24) is 4.90 Å². The summed E-state index contributed by atoms with van der Waals surface area (Å²) in [7, 11) is 0. The smallest absolute Gasteiger partial charge is 0.306 e. The van der Waals surface area contributed by atoms with Crippen LogP contribution in [0.4, 0.5) is 5.69 Å². The summed E-state index contributed by atoms with van der Waals surface area (Å²) in [6.45, 7) is 7.21. The number of esters is 1. The van der Waals surface area contributed by atoms with E-state index in [9.17, 15) is 19.2 Å². The van der Waals surface area contributed by atoms with Crippen LogP contribution in [0, 0.1) is 0 Å². The van der Waals surface area contributed by atoms with Gasteiger partial charge in [0.2, 0.25) is 0 Å². The average molecular weight is 469 g/mol. The van der Waals surface area contributed by atoms with E-state index in [-0.39, 0.29) is 24.5 Å². The first kappa shape index (κ1) is 26.6. The number of hydrogen-bond acceptors (Lipinski definition) is 6. The Morgan fingerprint density at radius 1 is 0.824 bits per heavy atom. The Kier molecular flexibility index (Phi) is 10.8. The summed E-state index contributed by atoms with van der Waals surface area (Å²) < 4.78 is 10.4. The van der Waals surface area contributed by atoms with E-state index in [0.717, 1.165) is 6.42 Å². The van der Waals surface area contributed by atoms with Gasteiger partial charge in [-0.1, -0.05) is 6.92 Å². The molecule has 8 heteroatoms. The first-order valence-electron chi connectivity index (χ1n) is 11.5. The third-order valence-corrected chi connectivity index (χ3v) is 5.04. The van der Waals surface area contributed by atoms with Crippen LogP contribution in [0.3, 0.4) is 0 Å². The molecule has 2 aromatic rings. The maximum absolute atomic E-state index is 12.3. The topological polar surface area (TPSA) is 102 Å². The standard InChI is InChI=1S/C26H32N2O6/c1-4-17-33-22-13-9-19(10-14-22)23(29)15-16-25(31)34-18-24(30)27-21-11-7-20(8-12-21)26(32)28(5-2)6-3/h7-14H,4-6,15-18H2,1-3H3,(H,27,30). The SMILES string of the molecule is CCCOc1ccc(C(=O)CCC(=O)OCC(=O)Nc2ccc(C(=O)N(CC)CC)cc2)cc1. The lowest BCUT2D eigenvalue weighted by Gasteiger charge is -2.18. The highest BCUT2D eigenvalue weighted by Gasteiger charge is 2.14. The zero-order valence-corrected chi connectivity index (χ0v) is 20.0. The van der Waals surface area contributed by atoms with Crippen LogP contribution < -0.4 is 10.1 Å². The number of benzene rings is 2. The second kappa shape index (κ2) is 13.8. The molecule has 182 valence electrons. The van der Waals surface area contributed by atoms with Gasteiger partial charge in [-0.2, -0.15) is 0 Å². The van der Waals surface area contributed by atoms with Crippen LogP contribution in [0.5, 0.6) is 5.75 Å². The van der Waals surface area contributed by atoms with Crippen LogP contribution in [0.1, 0.15) is 60.7 Å². The van der Waals surface area contributed by atoms with E-state index in [1.807, 2.05) is 20.8 Å². The molecule has 2 amide bonds. The van der Waals surface area contributed by atoms with Crippen molar-refractivity contribution >= 4 is 29.3 Å². The van der Waals surface area contributed by atoms with Crippen LogP contribution in [-0.2, 0) is 14.3 Å². The summed E-state index contributed by atoms with van der Waals surface area (Å²) >= 11 is 0. The highest BCUT2D eigenvalue weighted by atomic mass is 16.5. The van der Waals surface area contributed by atoms with Gasteiger partial charge in [-0.15, -0.1) is 0 Å². The van der Waals surface area contributed by atoms with Gasteiger partial charge in [-0.3, -0.25) is 19.2 Å². The van der Waals surface area contributed by atoms with Gasteiger partial charge in [0.15, 0.2) is 12.4 Å². The molecule has 0 saturated carbocycles. The number of rotatable bonds is 13. The number of nitrogens with zero attached hydrogens (tertiary/aromatic N) is 1. The van der Waals surface area contributed by atoms with E-state index in [1.165, 1.54) is 0 Å². The first-order valence-corrected chi connectivity index (χ1v) is 11.5. The maximum Gasteiger partial charge on any atom is 0.306 e. The predicted molar refractivity (Wildman–Crippen MR) is 129 cm³/mol. The summed E-state index contributed by atoms with van der Waals surface area (Å²) in [4.78, 5) is 50.3. The summed E-state index contributed by atoms with van der Waals surface area (Å²) in [6, 6.07) is 13.3.